The molecule has 0 radical (unpaired) electrons. The first-order valence-electron chi connectivity index (χ1n) is 8.09. The summed E-state index contributed by atoms with van der Waals surface area (Å²) in [6.07, 6.45) is 6.34. The van der Waals surface area contributed by atoms with Gasteiger partial charge in [0, 0.05) is 41.5 Å². The number of hydrogen-bond acceptors (Lipinski definition) is 5. The van der Waals surface area contributed by atoms with Crippen LogP contribution in [0.15, 0.2) is 53.3 Å². The quantitative estimate of drug-likeness (QED) is 0.483. The standard InChI is InChI=1S/C18H20N4OS2/c1-14-21-15(11-24-14)12-25-17-6-3-2-5-16(17)18(23)20-7-4-9-22-10-8-19-13-22/h2-3,5-6,8,10-11,13H,4,7,9,12H2,1H3,(H,20,23). The molecule has 3 aromatic rings. The summed E-state index contributed by atoms with van der Waals surface area (Å²) in [6, 6.07) is 7.73. The molecular formula is C18H20N4OS2. The first-order valence-corrected chi connectivity index (χ1v) is 9.95. The van der Waals surface area contributed by atoms with Crippen LogP contribution in [0.1, 0.15) is 27.5 Å². The van der Waals surface area contributed by atoms with Crippen LogP contribution in [0.2, 0.25) is 0 Å². The number of hydrogen-bond donors (Lipinski definition) is 1. The van der Waals surface area contributed by atoms with E-state index >= 15 is 0 Å². The van der Waals surface area contributed by atoms with Crippen LogP contribution in [0, 0.1) is 6.92 Å². The van der Waals surface area contributed by atoms with Gasteiger partial charge in [0.2, 0.25) is 0 Å². The molecule has 7 heteroatoms. The van der Waals surface area contributed by atoms with Gasteiger partial charge in [-0.05, 0) is 25.5 Å². The second kappa shape index (κ2) is 8.82. The zero-order valence-corrected chi connectivity index (χ0v) is 15.6. The van der Waals surface area contributed by atoms with Gasteiger partial charge in [-0.15, -0.1) is 23.1 Å². The van der Waals surface area contributed by atoms with Crippen molar-refractivity contribution in [3.05, 3.63) is 64.6 Å². The molecule has 5 nitrogen and oxygen atoms in total. The maximum Gasteiger partial charge on any atom is 0.252 e. The second-order valence-corrected chi connectivity index (χ2v) is 7.63. The molecule has 2 aromatic heterocycles. The number of aromatic nitrogens is 3. The minimum atomic E-state index is -0.0248. The number of nitrogens with one attached hydrogen (secondary N) is 1. The van der Waals surface area contributed by atoms with Crippen LogP contribution in [0.3, 0.4) is 0 Å². The molecule has 0 aliphatic carbocycles. The minimum Gasteiger partial charge on any atom is -0.352 e. The lowest BCUT2D eigenvalue weighted by Crippen LogP contribution is -2.25. The molecule has 0 saturated carbocycles. The van der Waals surface area contributed by atoms with Crippen molar-refractivity contribution in [3.63, 3.8) is 0 Å². The first-order chi connectivity index (χ1) is 12.2. The molecule has 0 aliphatic heterocycles. The number of aryl methyl sites for hydroxylation is 2. The van der Waals surface area contributed by atoms with Crippen molar-refractivity contribution in [1.82, 2.24) is 19.9 Å². The van der Waals surface area contributed by atoms with Gasteiger partial charge in [0.05, 0.1) is 22.6 Å². The van der Waals surface area contributed by atoms with Crippen molar-refractivity contribution in [3.8, 4) is 0 Å². The van der Waals surface area contributed by atoms with Gasteiger partial charge >= 0.3 is 0 Å². The van der Waals surface area contributed by atoms with Crippen LogP contribution in [-0.4, -0.2) is 27.0 Å². The monoisotopic (exact) mass is 372 g/mol. The Kier molecular flexibility index (Phi) is 6.25. The molecule has 0 atom stereocenters. The Morgan fingerprint density at radius 2 is 2.24 bits per heavy atom. The molecule has 25 heavy (non-hydrogen) atoms. The van der Waals surface area contributed by atoms with Crippen LogP contribution in [0.5, 0.6) is 0 Å². The largest absolute Gasteiger partial charge is 0.352 e. The molecule has 1 amide bonds. The lowest BCUT2D eigenvalue weighted by molar-refractivity contribution is 0.0950. The van der Waals surface area contributed by atoms with Crippen molar-refractivity contribution in [2.45, 2.75) is 30.5 Å². The van der Waals surface area contributed by atoms with Crippen LogP contribution in [0.25, 0.3) is 0 Å². The summed E-state index contributed by atoms with van der Waals surface area (Å²) < 4.78 is 2.01. The molecule has 0 saturated heterocycles. The van der Waals surface area contributed by atoms with Crippen molar-refractivity contribution in [2.24, 2.45) is 0 Å². The number of benzene rings is 1. The van der Waals surface area contributed by atoms with E-state index in [0.717, 1.165) is 39.9 Å². The predicted molar refractivity (Wildman–Crippen MR) is 102 cm³/mol. The minimum absolute atomic E-state index is 0.0248. The van der Waals surface area contributed by atoms with E-state index in [-0.39, 0.29) is 5.91 Å². The van der Waals surface area contributed by atoms with Crippen molar-refractivity contribution in [2.75, 3.05) is 6.54 Å². The molecule has 1 N–H and O–H groups in total. The van der Waals surface area contributed by atoms with Crippen molar-refractivity contribution < 1.29 is 4.79 Å². The van der Waals surface area contributed by atoms with Crippen LogP contribution in [-0.2, 0) is 12.3 Å². The summed E-state index contributed by atoms with van der Waals surface area (Å²) in [6.45, 7) is 3.49. The van der Waals surface area contributed by atoms with Gasteiger partial charge in [0.15, 0.2) is 0 Å². The van der Waals surface area contributed by atoms with E-state index in [2.05, 4.69) is 20.7 Å². The highest BCUT2D eigenvalue weighted by molar-refractivity contribution is 7.98. The molecule has 2 heterocycles. The van der Waals surface area contributed by atoms with E-state index in [9.17, 15) is 4.79 Å². The number of carbonyl (C=O) groups is 1. The zero-order valence-electron chi connectivity index (χ0n) is 14.0. The van der Waals surface area contributed by atoms with Crippen LogP contribution < -0.4 is 5.32 Å². The van der Waals surface area contributed by atoms with Gasteiger partial charge in [-0.1, -0.05) is 12.1 Å². The molecule has 0 spiro atoms. The van der Waals surface area contributed by atoms with Gasteiger partial charge in [-0.25, -0.2) is 9.97 Å². The Balaban J connectivity index is 1.52. The Morgan fingerprint density at radius 1 is 1.36 bits per heavy atom. The van der Waals surface area contributed by atoms with E-state index in [1.165, 1.54) is 0 Å². The maximum atomic E-state index is 12.5. The SMILES string of the molecule is Cc1nc(CSc2ccccc2C(=O)NCCCn2ccnc2)cs1. The van der Waals surface area contributed by atoms with Crippen LogP contribution in [0.4, 0.5) is 0 Å². The molecule has 3 rings (SSSR count). The van der Waals surface area contributed by atoms with Gasteiger partial charge in [0.1, 0.15) is 0 Å². The number of nitrogens with zero attached hydrogens (tertiary/aromatic N) is 3. The lowest BCUT2D eigenvalue weighted by Gasteiger charge is -2.09. The Bertz CT molecular complexity index is 814. The summed E-state index contributed by atoms with van der Waals surface area (Å²) in [5, 5.41) is 6.14. The van der Waals surface area contributed by atoms with Gasteiger partial charge in [0.25, 0.3) is 5.91 Å². The number of rotatable bonds is 8. The first kappa shape index (κ1) is 17.7. The third-order valence-corrected chi connectivity index (χ3v) is 5.54. The normalized spacial score (nSPS) is 10.8. The van der Waals surface area contributed by atoms with Gasteiger partial charge in [-0.2, -0.15) is 0 Å². The third-order valence-electron chi connectivity index (χ3n) is 3.61. The fraction of sp³-hybridized carbons (Fsp3) is 0.278. The zero-order chi connectivity index (χ0) is 17.5. The van der Waals surface area contributed by atoms with Crippen molar-refractivity contribution >= 4 is 29.0 Å². The predicted octanol–water partition coefficient (Wildman–Crippen LogP) is 3.76. The molecule has 0 aliphatic rings. The number of carbonyl (C=O) groups excluding carboxylic acids is 1. The third kappa shape index (κ3) is 5.17. The Morgan fingerprint density at radius 3 is 3.00 bits per heavy atom. The smallest absolute Gasteiger partial charge is 0.252 e. The summed E-state index contributed by atoms with van der Waals surface area (Å²) in [5.74, 6) is 0.748. The second-order valence-electron chi connectivity index (χ2n) is 5.55. The van der Waals surface area contributed by atoms with Gasteiger partial charge in [-0.3, -0.25) is 4.79 Å². The maximum absolute atomic E-state index is 12.5. The summed E-state index contributed by atoms with van der Waals surface area (Å²) in [4.78, 5) is 22.0. The highest BCUT2D eigenvalue weighted by atomic mass is 32.2. The fourth-order valence-electron chi connectivity index (χ4n) is 2.38. The van der Waals surface area contributed by atoms with E-state index in [4.69, 9.17) is 0 Å². The van der Waals surface area contributed by atoms with E-state index < -0.39 is 0 Å². The topological polar surface area (TPSA) is 59.8 Å². The van der Waals surface area contributed by atoms with Crippen molar-refractivity contribution in [1.29, 1.82) is 0 Å². The average molecular weight is 373 g/mol. The highest BCUT2D eigenvalue weighted by Crippen LogP contribution is 2.26. The van der Waals surface area contributed by atoms with E-state index in [0.29, 0.717) is 6.54 Å². The summed E-state index contributed by atoms with van der Waals surface area (Å²) in [7, 11) is 0. The molecule has 0 unspecified atom stereocenters. The van der Waals surface area contributed by atoms with Crippen LogP contribution >= 0.6 is 23.1 Å². The number of imidazole rings is 1. The fourth-order valence-corrected chi connectivity index (χ4v) is 4.04. The Hall–Kier alpha value is -2.12. The highest BCUT2D eigenvalue weighted by Gasteiger charge is 2.11. The summed E-state index contributed by atoms with van der Waals surface area (Å²) >= 11 is 3.30. The lowest BCUT2D eigenvalue weighted by atomic mass is 10.2. The molecular weight excluding hydrogens is 352 g/mol. The molecule has 1 aromatic carbocycles. The Labute approximate surface area is 155 Å². The summed E-state index contributed by atoms with van der Waals surface area (Å²) in [5.41, 5.74) is 1.78. The molecule has 0 bridgehead atoms. The van der Waals surface area contributed by atoms with Gasteiger partial charge < -0.3 is 9.88 Å². The number of thioether (sulfide) groups is 1. The molecule has 130 valence electrons. The van der Waals surface area contributed by atoms with E-state index in [1.807, 2.05) is 42.0 Å². The number of thiazole rings is 1. The molecule has 0 fully saturated rings. The average Bonchev–Trinajstić information content (AvgIpc) is 3.28. The number of amides is 1. The van der Waals surface area contributed by atoms with E-state index in [1.54, 1.807) is 35.6 Å².